The molecule has 0 aliphatic rings. The number of rotatable bonds is 73. The van der Waals surface area contributed by atoms with E-state index in [1.807, 2.05) is 0 Å². The number of phosphoric acid groups is 2. The van der Waals surface area contributed by atoms with Crippen molar-refractivity contribution in [2.75, 3.05) is 39.6 Å². The van der Waals surface area contributed by atoms with Gasteiger partial charge in [0.05, 0.1) is 26.4 Å². The van der Waals surface area contributed by atoms with Gasteiger partial charge in [0, 0.05) is 25.7 Å². The van der Waals surface area contributed by atoms with E-state index in [0.29, 0.717) is 25.7 Å². The van der Waals surface area contributed by atoms with E-state index in [9.17, 15) is 43.2 Å². The van der Waals surface area contributed by atoms with Gasteiger partial charge in [-0.05, 0) is 141 Å². The van der Waals surface area contributed by atoms with Crippen LogP contribution in [-0.2, 0) is 65.4 Å². The van der Waals surface area contributed by atoms with Crippen LogP contribution in [-0.4, -0.2) is 96.7 Å². The third-order valence-electron chi connectivity index (χ3n) is 16.1. The van der Waals surface area contributed by atoms with E-state index in [0.717, 1.165) is 167 Å². The van der Waals surface area contributed by atoms with Gasteiger partial charge in [0.2, 0.25) is 0 Å². The van der Waals surface area contributed by atoms with Gasteiger partial charge in [0.1, 0.15) is 19.3 Å². The molecule has 0 aromatic carbocycles. The fraction of sp³-hybridized carbons (Fsp3) is 0.687. The molecule has 19 heteroatoms. The first-order chi connectivity index (χ1) is 49.7. The van der Waals surface area contributed by atoms with Crippen molar-refractivity contribution in [2.24, 2.45) is 0 Å². The SMILES string of the molecule is CC/C=C\C/C=C\C/C=C\C/C=C\C/C=C\CCCCCC(=O)OCC(COP(=O)(O)OCC(O)COP(=O)(O)OCC(COC(=O)CCCCCCC/C=C\CCCCCC)OC(=O)CCCCCCCCCCCCC)OC(=O)CCCCC/C=C\C/C=C\C/C=C\C/C=C\C/C=C\CC. The van der Waals surface area contributed by atoms with Crippen LogP contribution in [0.15, 0.2) is 134 Å². The molecule has 0 radical (unpaired) electrons. The van der Waals surface area contributed by atoms with Crippen molar-refractivity contribution >= 4 is 39.5 Å². The minimum Gasteiger partial charge on any atom is -0.462 e. The summed E-state index contributed by atoms with van der Waals surface area (Å²) in [5, 5.41) is 10.6. The summed E-state index contributed by atoms with van der Waals surface area (Å²) >= 11 is 0. The molecule has 0 aromatic heterocycles. The van der Waals surface area contributed by atoms with E-state index in [4.69, 9.17) is 37.0 Å². The molecule has 0 spiro atoms. The molecule has 0 aromatic rings. The minimum absolute atomic E-state index is 0.0445. The Balaban J connectivity index is 5.42. The maximum absolute atomic E-state index is 13.1. The predicted molar refractivity (Wildman–Crippen MR) is 418 cm³/mol. The number of ether oxygens (including phenoxy) is 4. The summed E-state index contributed by atoms with van der Waals surface area (Å²) in [6, 6.07) is 0. The molecular weight excluding hydrogens is 1330 g/mol. The highest BCUT2D eigenvalue weighted by molar-refractivity contribution is 7.47. The summed E-state index contributed by atoms with van der Waals surface area (Å²) < 4.78 is 68.5. The third-order valence-corrected chi connectivity index (χ3v) is 18.0. The van der Waals surface area contributed by atoms with E-state index >= 15 is 0 Å². The Morgan fingerprint density at radius 3 is 0.814 bits per heavy atom. The zero-order valence-corrected chi connectivity index (χ0v) is 65.5. The standard InChI is InChI=1S/C83H140O17P2/c1-5-9-13-17-21-25-29-32-34-36-38-40-42-45-49-52-56-60-64-68-81(86)94-74-79(100-83(88)70-66-62-58-54-50-46-43-41-39-37-35-33-30-26-22-18-14-10-6-2)76-98-102(91,92)96-72-77(84)71-95-101(89,90)97-75-78(99-82(87)69-65-61-57-53-47-28-24-20-16-12-8-4)73-93-80(85)67-63-59-55-51-48-44-31-27-23-19-15-11-7-3/h9-10,13-14,21-22,25-27,31-35,38-41,45-46,49-50,77-79,84H,5-8,11-12,15-20,23-24,28-30,36-37,42-44,47-48,51-76H2,1-4H3,(H,89,90)(H,91,92)/b13-9-,14-10-,25-21-,26-22-,31-27-,34-32-,35-33-,40-38-,41-39-,49-45-,50-46-. The number of phosphoric ester groups is 2. The van der Waals surface area contributed by atoms with Crippen LogP contribution in [0.4, 0.5) is 0 Å². The second kappa shape index (κ2) is 74.5. The number of hydrogen-bond donors (Lipinski definition) is 3. The number of hydrogen-bond acceptors (Lipinski definition) is 15. The van der Waals surface area contributed by atoms with Crippen molar-refractivity contribution in [1.82, 2.24) is 0 Å². The molecule has 5 unspecified atom stereocenters. The van der Waals surface area contributed by atoms with Crippen molar-refractivity contribution < 1.29 is 80.2 Å². The molecule has 0 rings (SSSR count). The largest absolute Gasteiger partial charge is 0.472 e. The molecule has 0 bridgehead atoms. The van der Waals surface area contributed by atoms with Gasteiger partial charge >= 0.3 is 39.5 Å². The maximum atomic E-state index is 13.1. The van der Waals surface area contributed by atoms with Gasteiger partial charge in [-0.3, -0.25) is 37.3 Å². The van der Waals surface area contributed by atoms with Crippen LogP contribution in [0, 0.1) is 0 Å². The molecule has 3 N–H and O–H groups in total. The highest BCUT2D eigenvalue weighted by Crippen LogP contribution is 2.45. The van der Waals surface area contributed by atoms with Crippen LogP contribution in [0.2, 0.25) is 0 Å². The van der Waals surface area contributed by atoms with E-state index in [-0.39, 0.29) is 25.7 Å². The molecule has 0 heterocycles. The van der Waals surface area contributed by atoms with Crippen LogP contribution in [0.5, 0.6) is 0 Å². The lowest BCUT2D eigenvalue weighted by Gasteiger charge is -2.21. The molecule has 0 saturated heterocycles. The van der Waals surface area contributed by atoms with Crippen LogP contribution in [0.1, 0.15) is 310 Å². The van der Waals surface area contributed by atoms with E-state index in [1.54, 1.807) is 0 Å². The van der Waals surface area contributed by atoms with Crippen molar-refractivity contribution in [3.05, 3.63) is 134 Å². The van der Waals surface area contributed by atoms with Crippen LogP contribution in [0.25, 0.3) is 0 Å². The Labute approximate surface area is 618 Å². The lowest BCUT2D eigenvalue weighted by atomic mass is 10.1. The summed E-state index contributed by atoms with van der Waals surface area (Å²) in [7, 11) is -9.98. The molecule has 0 aliphatic heterocycles. The fourth-order valence-corrected chi connectivity index (χ4v) is 11.7. The normalized spacial score (nSPS) is 14.6. The van der Waals surface area contributed by atoms with Gasteiger partial charge in [-0.25, -0.2) is 9.13 Å². The number of aliphatic hydroxyl groups is 1. The maximum Gasteiger partial charge on any atom is 0.472 e. The van der Waals surface area contributed by atoms with Crippen molar-refractivity contribution in [3.8, 4) is 0 Å². The molecule has 0 saturated carbocycles. The second-order valence-electron chi connectivity index (χ2n) is 25.9. The lowest BCUT2D eigenvalue weighted by Crippen LogP contribution is -2.30. The monoisotopic (exact) mass is 1470 g/mol. The average Bonchev–Trinajstić information content (AvgIpc) is 0.940. The smallest absolute Gasteiger partial charge is 0.462 e. The molecule has 17 nitrogen and oxygen atoms in total. The summed E-state index contributed by atoms with van der Waals surface area (Å²) in [5.41, 5.74) is 0. The topological polar surface area (TPSA) is 237 Å². The fourth-order valence-electron chi connectivity index (χ4n) is 10.1. The van der Waals surface area contributed by atoms with Crippen LogP contribution in [0.3, 0.4) is 0 Å². The lowest BCUT2D eigenvalue weighted by molar-refractivity contribution is -0.161. The van der Waals surface area contributed by atoms with Gasteiger partial charge in [-0.2, -0.15) is 0 Å². The average molecular weight is 1470 g/mol. The Morgan fingerprint density at radius 1 is 0.284 bits per heavy atom. The van der Waals surface area contributed by atoms with E-state index < -0.39 is 97.5 Å². The number of esters is 4. The first-order valence-corrected chi connectivity index (χ1v) is 42.4. The van der Waals surface area contributed by atoms with Gasteiger partial charge in [-0.15, -0.1) is 0 Å². The Bertz CT molecular complexity index is 2460. The molecule has 0 aliphatic carbocycles. The molecule has 0 amide bonds. The van der Waals surface area contributed by atoms with E-state index in [1.165, 1.54) is 64.2 Å². The number of carbonyl (C=O) groups excluding carboxylic acids is 4. The summed E-state index contributed by atoms with van der Waals surface area (Å²) in [6.07, 6.45) is 83.0. The minimum atomic E-state index is -5.00. The van der Waals surface area contributed by atoms with Crippen LogP contribution >= 0.6 is 15.6 Å². The van der Waals surface area contributed by atoms with Crippen LogP contribution < -0.4 is 0 Å². The Hall–Kier alpha value is -4.80. The van der Waals surface area contributed by atoms with Gasteiger partial charge in [0.25, 0.3) is 0 Å². The Morgan fingerprint density at radius 2 is 0.510 bits per heavy atom. The van der Waals surface area contributed by atoms with Crippen molar-refractivity contribution in [2.45, 2.75) is 329 Å². The highest BCUT2D eigenvalue weighted by Gasteiger charge is 2.30. The molecule has 0 fully saturated rings. The quantitative estimate of drug-likeness (QED) is 0.0169. The number of aliphatic hydroxyl groups excluding tert-OH is 1. The molecule has 102 heavy (non-hydrogen) atoms. The van der Waals surface area contributed by atoms with Crippen molar-refractivity contribution in [1.29, 1.82) is 0 Å². The molecular formula is C83H140O17P2. The summed E-state index contributed by atoms with van der Waals surface area (Å²) in [4.78, 5) is 72.9. The predicted octanol–water partition coefficient (Wildman–Crippen LogP) is 22.9. The van der Waals surface area contributed by atoms with Gasteiger partial charge in [0.15, 0.2) is 12.2 Å². The van der Waals surface area contributed by atoms with Gasteiger partial charge in [-0.1, -0.05) is 277 Å². The number of carbonyl (C=O) groups is 4. The zero-order valence-electron chi connectivity index (χ0n) is 63.7. The van der Waals surface area contributed by atoms with Gasteiger partial charge < -0.3 is 33.8 Å². The number of unbranched alkanes of at least 4 members (excludes halogenated alkanes) is 25. The summed E-state index contributed by atoms with van der Waals surface area (Å²) in [6.45, 7) is 4.55. The first kappa shape index (κ1) is 97.2. The van der Waals surface area contributed by atoms with E-state index in [2.05, 4.69) is 161 Å². The Kier molecular flexibility index (Phi) is 71.0. The molecule has 584 valence electrons. The molecule has 5 atom stereocenters. The summed E-state index contributed by atoms with van der Waals surface area (Å²) in [5.74, 6) is -2.25. The highest BCUT2D eigenvalue weighted by atomic mass is 31.2. The van der Waals surface area contributed by atoms with Crippen molar-refractivity contribution in [3.63, 3.8) is 0 Å². The second-order valence-corrected chi connectivity index (χ2v) is 28.8. The zero-order chi connectivity index (χ0) is 74.6. The third kappa shape index (κ3) is 73.5. The number of allylic oxidation sites excluding steroid dienone is 22. The first-order valence-electron chi connectivity index (χ1n) is 39.4.